The van der Waals surface area contributed by atoms with Crippen LogP contribution in [0.15, 0.2) is 18.5 Å². The van der Waals surface area contributed by atoms with Gasteiger partial charge in [-0.3, -0.25) is 9.78 Å². The van der Waals surface area contributed by atoms with Crippen molar-refractivity contribution in [3.63, 3.8) is 0 Å². The van der Waals surface area contributed by atoms with Gasteiger partial charge in [0.15, 0.2) is 0 Å². The van der Waals surface area contributed by atoms with E-state index in [1.807, 2.05) is 26.8 Å². The summed E-state index contributed by atoms with van der Waals surface area (Å²) in [6.07, 6.45) is 3.54. The van der Waals surface area contributed by atoms with Gasteiger partial charge in [-0.1, -0.05) is 13.8 Å². The number of carboxylic acid groups (broad SMARTS) is 1. The topological polar surface area (TPSA) is 50.2 Å². The first-order valence-corrected chi connectivity index (χ1v) is 5.09. The third kappa shape index (κ3) is 1.42. The van der Waals surface area contributed by atoms with E-state index in [9.17, 15) is 4.79 Å². The molecule has 0 saturated heterocycles. The predicted molar refractivity (Wildman–Crippen MR) is 56.6 cm³/mol. The second-order valence-corrected chi connectivity index (χ2v) is 4.85. The Morgan fingerprint density at radius 2 is 2.20 bits per heavy atom. The summed E-state index contributed by atoms with van der Waals surface area (Å²) in [5.74, 6) is -0.850. The fraction of sp³-hybridized carbons (Fsp3) is 0.500. The first kappa shape index (κ1) is 10.1. The fourth-order valence-electron chi connectivity index (χ4n) is 2.48. The van der Waals surface area contributed by atoms with Crippen LogP contribution < -0.4 is 0 Å². The third-order valence-electron chi connectivity index (χ3n) is 3.51. The highest BCUT2D eigenvalue weighted by Crippen LogP contribution is 2.64. The van der Waals surface area contributed by atoms with E-state index in [0.29, 0.717) is 0 Å². The van der Waals surface area contributed by atoms with Crippen molar-refractivity contribution in [1.29, 1.82) is 0 Å². The minimum absolute atomic E-state index is 0.115. The number of hydrogen-bond donors (Lipinski definition) is 1. The normalized spacial score (nSPS) is 27.4. The zero-order valence-corrected chi connectivity index (χ0v) is 9.19. The molecule has 0 amide bonds. The van der Waals surface area contributed by atoms with Crippen molar-refractivity contribution in [3.05, 3.63) is 29.6 Å². The average molecular weight is 205 g/mol. The Morgan fingerprint density at radius 3 is 2.67 bits per heavy atom. The number of aliphatic carboxylic acids is 1. The predicted octanol–water partition coefficient (Wildman–Crippen LogP) is 2.21. The molecule has 2 atom stereocenters. The molecule has 1 saturated carbocycles. The summed E-state index contributed by atoms with van der Waals surface area (Å²) < 4.78 is 0. The maximum atomic E-state index is 11.1. The molecule has 1 aliphatic carbocycles. The van der Waals surface area contributed by atoms with Gasteiger partial charge in [-0.05, 0) is 29.5 Å². The molecule has 0 bridgehead atoms. The lowest BCUT2D eigenvalue weighted by Crippen LogP contribution is -2.03. The second kappa shape index (κ2) is 3.05. The molecule has 0 unspecified atom stereocenters. The van der Waals surface area contributed by atoms with Gasteiger partial charge < -0.3 is 5.11 Å². The van der Waals surface area contributed by atoms with E-state index in [2.05, 4.69) is 4.98 Å². The Kier molecular flexibility index (Phi) is 2.07. The van der Waals surface area contributed by atoms with Crippen LogP contribution in [-0.4, -0.2) is 16.1 Å². The molecule has 2 rings (SSSR count). The van der Waals surface area contributed by atoms with Gasteiger partial charge in [-0.2, -0.15) is 0 Å². The van der Waals surface area contributed by atoms with E-state index in [4.69, 9.17) is 5.11 Å². The molecule has 3 nitrogen and oxygen atoms in total. The van der Waals surface area contributed by atoms with Crippen LogP contribution in [0.2, 0.25) is 0 Å². The summed E-state index contributed by atoms with van der Waals surface area (Å²) in [4.78, 5) is 15.1. The highest BCUT2D eigenvalue weighted by molar-refractivity contribution is 5.77. The molecule has 1 aromatic rings. The van der Waals surface area contributed by atoms with Gasteiger partial charge in [0, 0.05) is 18.3 Å². The zero-order valence-electron chi connectivity index (χ0n) is 9.19. The molecule has 0 aliphatic heterocycles. The first-order chi connectivity index (χ1) is 6.96. The van der Waals surface area contributed by atoms with E-state index in [-0.39, 0.29) is 17.3 Å². The minimum Gasteiger partial charge on any atom is -0.481 e. The molecule has 1 fully saturated rings. The maximum absolute atomic E-state index is 11.1. The monoisotopic (exact) mass is 205 g/mol. The highest BCUT2D eigenvalue weighted by Gasteiger charge is 2.63. The van der Waals surface area contributed by atoms with E-state index in [1.165, 1.54) is 0 Å². The van der Waals surface area contributed by atoms with Crippen LogP contribution in [0.4, 0.5) is 0 Å². The SMILES string of the molecule is Cc1ccncc1[C@@H]1[C@@H](C(=O)O)C1(C)C. The van der Waals surface area contributed by atoms with Gasteiger partial charge in [-0.15, -0.1) is 0 Å². The maximum Gasteiger partial charge on any atom is 0.307 e. The number of pyridine rings is 1. The minimum atomic E-state index is -0.701. The molecule has 80 valence electrons. The van der Waals surface area contributed by atoms with Gasteiger partial charge in [0.1, 0.15) is 0 Å². The molecule has 1 aromatic heterocycles. The average Bonchev–Trinajstić information content (AvgIpc) is 2.70. The van der Waals surface area contributed by atoms with Gasteiger partial charge in [0.05, 0.1) is 5.92 Å². The summed E-state index contributed by atoms with van der Waals surface area (Å²) >= 11 is 0. The Bertz CT molecular complexity index is 412. The molecule has 1 heterocycles. The standard InChI is InChI=1S/C12H15NO2/c1-7-4-5-13-6-8(7)9-10(11(14)15)12(9,2)3/h4-6,9-10H,1-3H3,(H,14,15)/t9-,10+/m1/s1. The van der Waals surface area contributed by atoms with Crippen LogP contribution in [0.25, 0.3) is 0 Å². The Hall–Kier alpha value is -1.38. The number of nitrogens with zero attached hydrogens (tertiary/aromatic N) is 1. The number of hydrogen-bond acceptors (Lipinski definition) is 2. The number of aromatic nitrogens is 1. The summed E-state index contributed by atoms with van der Waals surface area (Å²) in [5, 5.41) is 9.09. The van der Waals surface area contributed by atoms with Crippen molar-refractivity contribution in [2.75, 3.05) is 0 Å². The molecule has 3 heteroatoms. The van der Waals surface area contributed by atoms with E-state index in [0.717, 1.165) is 11.1 Å². The Balaban J connectivity index is 2.36. The highest BCUT2D eigenvalue weighted by atomic mass is 16.4. The third-order valence-corrected chi connectivity index (χ3v) is 3.51. The van der Waals surface area contributed by atoms with E-state index < -0.39 is 5.97 Å². The molecule has 0 aromatic carbocycles. The van der Waals surface area contributed by atoms with Gasteiger partial charge >= 0.3 is 5.97 Å². The number of aryl methyl sites for hydroxylation is 1. The lowest BCUT2D eigenvalue weighted by molar-refractivity contribution is -0.139. The summed E-state index contributed by atoms with van der Waals surface area (Å²) in [5.41, 5.74) is 2.07. The number of rotatable bonds is 2. The quantitative estimate of drug-likeness (QED) is 0.805. The Morgan fingerprint density at radius 1 is 1.53 bits per heavy atom. The van der Waals surface area contributed by atoms with Crippen molar-refractivity contribution < 1.29 is 9.90 Å². The largest absolute Gasteiger partial charge is 0.481 e. The van der Waals surface area contributed by atoms with Crippen LogP contribution in [0, 0.1) is 18.3 Å². The summed E-state index contributed by atoms with van der Waals surface area (Å²) in [6.45, 7) is 6.01. The van der Waals surface area contributed by atoms with Crippen molar-refractivity contribution in [2.24, 2.45) is 11.3 Å². The number of carboxylic acids is 1. The molecule has 15 heavy (non-hydrogen) atoms. The lowest BCUT2D eigenvalue weighted by atomic mass is 10.0. The van der Waals surface area contributed by atoms with Crippen LogP contribution >= 0.6 is 0 Å². The molecular weight excluding hydrogens is 190 g/mol. The van der Waals surface area contributed by atoms with Crippen LogP contribution in [0.1, 0.15) is 30.9 Å². The van der Waals surface area contributed by atoms with Crippen LogP contribution in [0.3, 0.4) is 0 Å². The van der Waals surface area contributed by atoms with Gasteiger partial charge in [0.2, 0.25) is 0 Å². The van der Waals surface area contributed by atoms with E-state index >= 15 is 0 Å². The Labute approximate surface area is 89.2 Å². The second-order valence-electron chi connectivity index (χ2n) is 4.85. The van der Waals surface area contributed by atoms with Gasteiger partial charge in [-0.25, -0.2) is 0 Å². The van der Waals surface area contributed by atoms with Crippen molar-refractivity contribution in [2.45, 2.75) is 26.7 Å². The molecule has 0 radical (unpaired) electrons. The van der Waals surface area contributed by atoms with Crippen molar-refractivity contribution in [1.82, 2.24) is 4.98 Å². The molecule has 1 aliphatic rings. The summed E-state index contributed by atoms with van der Waals surface area (Å²) in [7, 11) is 0. The van der Waals surface area contributed by atoms with Crippen molar-refractivity contribution in [3.8, 4) is 0 Å². The summed E-state index contributed by atoms with van der Waals surface area (Å²) in [6, 6.07) is 1.93. The van der Waals surface area contributed by atoms with Crippen LogP contribution in [0.5, 0.6) is 0 Å². The van der Waals surface area contributed by atoms with Gasteiger partial charge in [0.25, 0.3) is 0 Å². The molecule has 1 N–H and O–H groups in total. The lowest BCUT2D eigenvalue weighted by Gasteiger charge is -2.05. The smallest absolute Gasteiger partial charge is 0.307 e. The zero-order chi connectivity index (χ0) is 11.2. The van der Waals surface area contributed by atoms with Crippen molar-refractivity contribution >= 4 is 5.97 Å². The first-order valence-electron chi connectivity index (χ1n) is 5.09. The number of carbonyl (C=O) groups is 1. The molecular formula is C12H15NO2. The molecule has 0 spiro atoms. The van der Waals surface area contributed by atoms with E-state index in [1.54, 1.807) is 12.4 Å². The van der Waals surface area contributed by atoms with Crippen LogP contribution in [-0.2, 0) is 4.79 Å². The fourth-order valence-corrected chi connectivity index (χ4v) is 2.48.